The Kier molecular flexibility index (Phi) is 4.80. The molecule has 0 saturated carbocycles. The highest BCUT2D eigenvalue weighted by Crippen LogP contribution is 2.35. The first-order valence-corrected chi connectivity index (χ1v) is 10.9. The molecule has 2 aliphatic rings. The zero-order chi connectivity index (χ0) is 21.8. The molecule has 5 heterocycles. The van der Waals surface area contributed by atoms with E-state index >= 15 is 0 Å². The predicted octanol–water partition coefficient (Wildman–Crippen LogP) is 2.58. The smallest absolute Gasteiger partial charge is 0.229 e. The van der Waals surface area contributed by atoms with Gasteiger partial charge >= 0.3 is 0 Å². The van der Waals surface area contributed by atoms with E-state index in [4.69, 9.17) is 24.7 Å². The van der Waals surface area contributed by atoms with Crippen molar-refractivity contribution in [2.45, 2.75) is 40.2 Å². The second-order valence-corrected chi connectivity index (χ2v) is 9.50. The molecular weight excluding hydrogens is 392 g/mol. The summed E-state index contributed by atoms with van der Waals surface area (Å²) in [5.41, 5.74) is 4.61. The SMILES string of the molecule is Cc1nc2nc(N3CCOC(c4cnn(C)c4)C3)nc(N3CCC(C)(C)C3)c2nc1C. The van der Waals surface area contributed by atoms with Crippen molar-refractivity contribution in [3.05, 3.63) is 29.3 Å². The van der Waals surface area contributed by atoms with Crippen LogP contribution in [0.3, 0.4) is 0 Å². The number of hydrogen-bond acceptors (Lipinski definition) is 8. The molecule has 3 aromatic rings. The van der Waals surface area contributed by atoms with Crippen molar-refractivity contribution in [3.8, 4) is 0 Å². The summed E-state index contributed by atoms with van der Waals surface area (Å²) in [6.45, 7) is 12.5. The van der Waals surface area contributed by atoms with E-state index in [0.717, 1.165) is 54.3 Å². The summed E-state index contributed by atoms with van der Waals surface area (Å²) < 4.78 is 7.82. The van der Waals surface area contributed by atoms with E-state index in [0.29, 0.717) is 24.7 Å². The Morgan fingerprint density at radius 3 is 2.55 bits per heavy atom. The summed E-state index contributed by atoms with van der Waals surface area (Å²) in [7, 11) is 1.92. The van der Waals surface area contributed by atoms with Crippen LogP contribution in [0.2, 0.25) is 0 Å². The highest BCUT2D eigenvalue weighted by atomic mass is 16.5. The summed E-state index contributed by atoms with van der Waals surface area (Å²) in [6, 6.07) is 0. The van der Waals surface area contributed by atoms with Gasteiger partial charge in [-0.2, -0.15) is 15.1 Å². The van der Waals surface area contributed by atoms with Gasteiger partial charge in [0.15, 0.2) is 17.0 Å². The Hall–Kier alpha value is -2.81. The molecule has 0 spiro atoms. The third-order valence-electron chi connectivity index (χ3n) is 6.33. The van der Waals surface area contributed by atoms with Gasteiger partial charge in [-0.3, -0.25) is 4.68 Å². The molecule has 0 amide bonds. The normalized spacial score (nSPS) is 21.3. The van der Waals surface area contributed by atoms with Gasteiger partial charge in [0.1, 0.15) is 6.10 Å². The van der Waals surface area contributed by atoms with Gasteiger partial charge in [-0.25, -0.2) is 9.97 Å². The van der Waals surface area contributed by atoms with Gasteiger partial charge < -0.3 is 14.5 Å². The van der Waals surface area contributed by atoms with Gasteiger partial charge in [0.2, 0.25) is 5.95 Å². The van der Waals surface area contributed by atoms with Crippen molar-refractivity contribution >= 4 is 22.9 Å². The second kappa shape index (κ2) is 7.40. The molecule has 9 heteroatoms. The summed E-state index contributed by atoms with van der Waals surface area (Å²) in [6.07, 6.45) is 4.95. The number of hydrogen-bond donors (Lipinski definition) is 0. The number of fused-ring (bicyclic) bond motifs is 1. The van der Waals surface area contributed by atoms with Crippen molar-refractivity contribution in [2.75, 3.05) is 42.6 Å². The fourth-order valence-electron chi connectivity index (χ4n) is 4.38. The Bertz CT molecular complexity index is 1120. The first-order valence-electron chi connectivity index (χ1n) is 10.9. The quantitative estimate of drug-likeness (QED) is 0.637. The Balaban J connectivity index is 1.55. The molecule has 3 aromatic heterocycles. The molecule has 1 unspecified atom stereocenters. The van der Waals surface area contributed by atoms with Crippen molar-refractivity contribution in [2.24, 2.45) is 12.5 Å². The highest BCUT2D eigenvalue weighted by Gasteiger charge is 2.33. The van der Waals surface area contributed by atoms with Crippen molar-refractivity contribution < 1.29 is 4.74 Å². The fraction of sp³-hybridized carbons (Fsp3) is 0.591. The number of aromatic nitrogens is 6. The lowest BCUT2D eigenvalue weighted by Crippen LogP contribution is -2.39. The predicted molar refractivity (Wildman–Crippen MR) is 119 cm³/mol. The van der Waals surface area contributed by atoms with Crippen LogP contribution in [0.1, 0.15) is 43.3 Å². The van der Waals surface area contributed by atoms with Gasteiger partial charge in [0, 0.05) is 38.4 Å². The zero-order valence-electron chi connectivity index (χ0n) is 19.0. The third-order valence-corrected chi connectivity index (χ3v) is 6.33. The maximum Gasteiger partial charge on any atom is 0.229 e. The van der Waals surface area contributed by atoms with Crippen LogP contribution in [-0.2, 0) is 11.8 Å². The van der Waals surface area contributed by atoms with Crippen LogP contribution in [0.5, 0.6) is 0 Å². The topological polar surface area (TPSA) is 85.1 Å². The number of aryl methyl sites for hydroxylation is 3. The molecule has 2 aliphatic heterocycles. The van der Waals surface area contributed by atoms with E-state index < -0.39 is 0 Å². The minimum atomic E-state index is -0.0539. The van der Waals surface area contributed by atoms with Crippen LogP contribution in [-0.4, -0.2) is 62.5 Å². The molecule has 164 valence electrons. The van der Waals surface area contributed by atoms with E-state index in [1.54, 1.807) is 4.68 Å². The lowest BCUT2D eigenvalue weighted by Gasteiger charge is -2.33. The molecule has 1 atom stereocenters. The number of nitrogens with zero attached hydrogens (tertiary/aromatic N) is 8. The first kappa shape index (κ1) is 20.1. The van der Waals surface area contributed by atoms with Gasteiger partial charge in [-0.1, -0.05) is 13.8 Å². The van der Waals surface area contributed by atoms with Crippen LogP contribution in [0.15, 0.2) is 12.4 Å². The monoisotopic (exact) mass is 422 g/mol. The van der Waals surface area contributed by atoms with Crippen LogP contribution in [0.4, 0.5) is 11.8 Å². The van der Waals surface area contributed by atoms with Crippen molar-refractivity contribution in [3.63, 3.8) is 0 Å². The number of ether oxygens (including phenoxy) is 1. The van der Waals surface area contributed by atoms with Gasteiger partial charge in [0.05, 0.1) is 30.7 Å². The molecule has 0 bridgehead atoms. The zero-order valence-corrected chi connectivity index (χ0v) is 19.0. The molecule has 2 saturated heterocycles. The molecule has 0 N–H and O–H groups in total. The lowest BCUT2D eigenvalue weighted by atomic mass is 9.93. The summed E-state index contributed by atoms with van der Waals surface area (Å²) >= 11 is 0. The second-order valence-electron chi connectivity index (χ2n) is 9.50. The molecule has 0 aliphatic carbocycles. The highest BCUT2D eigenvalue weighted by molar-refractivity contribution is 5.84. The minimum Gasteiger partial charge on any atom is -0.370 e. The fourth-order valence-corrected chi connectivity index (χ4v) is 4.38. The average Bonchev–Trinajstić information content (AvgIpc) is 3.33. The largest absolute Gasteiger partial charge is 0.370 e. The van der Waals surface area contributed by atoms with Crippen LogP contribution in [0.25, 0.3) is 11.2 Å². The number of morpholine rings is 1. The summed E-state index contributed by atoms with van der Waals surface area (Å²) in [5, 5.41) is 4.29. The molecular formula is C22H30N8O. The van der Waals surface area contributed by atoms with Crippen LogP contribution in [0, 0.1) is 19.3 Å². The molecule has 0 radical (unpaired) electrons. The maximum absolute atomic E-state index is 6.02. The van der Waals surface area contributed by atoms with Crippen molar-refractivity contribution in [1.82, 2.24) is 29.7 Å². The van der Waals surface area contributed by atoms with Gasteiger partial charge in [-0.05, 0) is 25.7 Å². The van der Waals surface area contributed by atoms with E-state index in [-0.39, 0.29) is 11.5 Å². The third kappa shape index (κ3) is 3.82. The Morgan fingerprint density at radius 1 is 1.03 bits per heavy atom. The molecule has 2 fully saturated rings. The lowest BCUT2D eigenvalue weighted by molar-refractivity contribution is 0.0392. The average molecular weight is 423 g/mol. The Morgan fingerprint density at radius 2 is 1.84 bits per heavy atom. The molecule has 9 nitrogen and oxygen atoms in total. The Labute approximate surface area is 182 Å². The first-order chi connectivity index (χ1) is 14.8. The minimum absolute atomic E-state index is 0.0539. The number of anilines is 2. The van der Waals surface area contributed by atoms with Gasteiger partial charge in [-0.15, -0.1) is 0 Å². The summed E-state index contributed by atoms with van der Waals surface area (Å²) in [4.78, 5) is 24.0. The van der Waals surface area contributed by atoms with E-state index in [1.165, 1.54) is 0 Å². The van der Waals surface area contributed by atoms with Gasteiger partial charge in [0.25, 0.3) is 0 Å². The molecule has 5 rings (SSSR count). The maximum atomic E-state index is 6.02. The standard InChI is InChI=1S/C22H30N8O/c1-14-15(2)25-19-18(24-14)20(30-7-6-22(3,4)13-30)27-21(26-19)29-8-9-31-17(12-29)16-10-23-28(5)11-16/h10-11,17H,6-9,12-13H2,1-5H3. The van der Waals surface area contributed by atoms with Crippen LogP contribution < -0.4 is 9.80 Å². The van der Waals surface area contributed by atoms with Crippen molar-refractivity contribution in [1.29, 1.82) is 0 Å². The summed E-state index contributed by atoms with van der Waals surface area (Å²) in [5.74, 6) is 1.59. The van der Waals surface area contributed by atoms with E-state index in [9.17, 15) is 0 Å². The number of rotatable bonds is 3. The molecule has 0 aromatic carbocycles. The van der Waals surface area contributed by atoms with E-state index in [2.05, 4.69) is 28.7 Å². The van der Waals surface area contributed by atoms with E-state index in [1.807, 2.05) is 33.3 Å². The van der Waals surface area contributed by atoms with Crippen LogP contribution >= 0.6 is 0 Å². The molecule has 31 heavy (non-hydrogen) atoms.